The van der Waals surface area contributed by atoms with Gasteiger partial charge < -0.3 is 14.8 Å². The summed E-state index contributed by atoms with van der Waals surface area (Å²) in [5.74, 6) is -0.459. The molecule has 6 nitrogen and oxygen atoms in total. The largest absolute Gasteiger partial charge is 0.455 e. The number of carbonyl (C=O) groups is 1. The van der Waals surface area contributed by atoms with Crippen LogP contribution in [0.25, 0.3) is 22.3 Å². The molecular formula is C22H23FN2O4S. The van der Waals surface area contributed by atoms with Gasteiger partial charge in [0.15, 0.2) is 0 Å². The molecule has 4 rings (SSSR count). The van der Waals surface area contributed by atoms with Gasteiger partial charge in [-0.2, -0.15) is 0 Å². The summed E-state index contributed by atoms with van der Waals surface area (Å²) in [7, 11) is 0.240. The predicted octanol–water partition coefficient (Wildman–Crippen LogP) is 3.77. The van der Waals surface area contributed by atoms with Crippen LogP contribution in [0.3, 0.4) is 0 Å². The number of halogens is 1. The van der Waals surface area contributed by atoms with Crippen molar-refractivity contribution in [3.8, 4) is 11.3 Å². The van der Waals surface area contributed by atoms with Crippen LogP contribution < -0.4 is 9.62 Å². The molecule has 0 saturated heterocycles. The van der Waals surface area contributed by atoms with Gasteiger partial charge in [-0.1, -0.05) is 6.92 Å². The van der Waals surface area contributed by atoms with Gasteiger partial charge in [0.25, 0.3) is 5.91 Å². The molecule has 1 aromatic heterocycles. The van der Waals surface area contributed by atoms with E-state index >= 15 is 0 Å². The average molecular weight is 431 g/mol. The Kier molecular flexibility index (Phi) is 5.38. The summed E-state index contributed by atoms with van der Waals surface area (Å²) in [4.78, 5) is 12.7. The van der Waals surface area contributed by atoms with E-state index in [2.05, 4.69) is 5.32 Å². The summed E-state index contributed by atoms with van der Waals surface area (Å²) in [5.41, 5.74) is 2.55. The van der Waals surface area contributed by atoms with Crippen LogP contribution in [0.2, 0.25) is 0 Å². The summed E-state index contributed by atoms with van der Waals surface area (Å²) in [6, 6.07) is 9.19. The molecule has 0 saturated carbocycles. The first-order chi connectivity index (χ1) is 14.3. The van der Waals surface area contributed by atoms with Crippen molar-refractivity contribution in [2.24, 2.45) is 5.92 Å². The molecule has 0 bridgehead atoms. The number of anilines is 1. The summed E-state index contributed by atoms with van der Waals surface area (Å²) < 4.78 is 33.6. The molecule has 1 aliphatic rings. The van der Waals surface area contributed by atoms with Crippen molar-refractivity contribution >= 4 is 33.5 Å². The number of benzene rings is 2. The molecule has 30 heavy (non-hydrogen) atoms. The van der Waals surface area contributed by atoms with E-state index in [-0.39, 0.29) is 17.6 Å². The lowest BCUT2D eigenvalue weighted by Crippen LogP contribution is -2.26. The highest BCUT2D eigenvalue weighted by Gasteiger charge is 2.31. The standard InChI is InChI=1S/C22H23FN2O4S/c1-12-8-9-25(30(3)28)17-11-18-16(10-15(17)20(12)26)19(22(27)24-2)21(29-18)13-4-6-14(23)7-5-13/h4-7,10-12,20,26H,8-9H2,1-3H3,(H,24,27). The summed E-state index contributed by atoms with van der Waals surface area (Å²) in [6.45, 7) is 2.48. The molecule has 3 aromatic rings. The van der Waals surface area contributed by atoms with E-state index < -0.39 is 17.1 Å². The molecule has 0 spiro atoms. The zero-order chi connectivity index (χ0) is 21.6. The number of aliphatic hydroxyl groups is 1. The van der Waals surface area contributed by atoms with Gasteiger partial charge in [-0.25, -0.2) is 8.60 Å². The van der Waals surface area contributed by atoms with Crippen LogP contribution in [0.1, 0.15) is 35.4 Å². The number of nitrogens with zero attached hydrogens (tertiary/aromatic N) is 1. The fourth-order valence-electron chi connectivity index (χ4n) is 3.93. The fourth-order valence-corrected chi connectivity index (χ4v) is 4.73. The van der Waals surface area contributed by atoms with Gasteiger partial charge >= 0.3 is 0 Å². The minimum absolute atomic E-state index is 0.0401. The molecule has 0 fully saturated rings. The third kappa shape index (κ3) is 3.40. The summed E-state index contributed by atoms with van der Waals surface area (Å²) in [6.07, 6.45) is 1.51. The van der Waals surface area contributed by atoms with Gasteiger partial charge in [-0.05, 0) is 42.7 Å². The van der Waals surface area contributed by atoms with Crippen LogP contribution in [0.5, 0.6) is 0 Å². The van der Waals surface area contributed by atoms with Gasteiger partial charge in [-0.3, -0.25) is 9.10 Å². The number of rotatable bonds is 3. The summed E-state index contributed by atoms with van der Waals surface area (Å²) >= 11 is 0. The SMILES string of the molecule is CNC(=O)c1c(-c2ccc(F)cc2)oc2cc3c(cc12)C(O)C(C)CCN3S(C)=O. The number of nitrogens with one attached hydrogen (secondary N) is 1. The van der Waals surface area contributed by atoms with Crippen molar-refractivity contribution in [2.45, 2.75) is 19.4 Å². The summed E-state index contributed by atoms with van der Waals surface area (Å²) in [5, 5.41) is 14.1. The number of furan rings is 1. The highest BCUT2D eigenvalue weighted by Crippen LogP contribution is 2.42. The second-order valence-electron chi connectivity index (χ2n) is 7.54. The van der Waals surface area contributed by atoms with Crippen LogP contribution in [0.4, 0.5) is 10.1 Å². The number of fused-ring (bicyclic) bond motifs is 2. The van der Waals surface area contributed by atoms with Crippen LogP contribution in [-0.4, -0.2) is 35.1 Å². The monoisotopic (exact) mass is 430 g/mol. The van der Waals surface area contributed by atoms with Crippen LogP contribution in [0.15, 0.2) is 40.8 Å². The van der Waals surface area contributed by atoms with Gasteiger partial charge in [0.2, 0.25) is 0 Å². The van der Waals surface area contributed by atoms with E-state index in [9.17, 15) is 18.5 Å². The third-order valence-corrected chi connectivity index (χ3v) is 6.62. The second-order valence-corrected chi connectivity index (χ2v) is 8.82. The average Bonchev–Trinajstić information content (AvgIpc) is 3.05. The van der Waals surface area contributed by atoms with Crippen molar-refractivity contribution in [1.29, 1.82) is 0 Å². The van der Waals surface area contributed by atoms with Gasteiger partial charge in [0, 0.05) is 42.4 Å². The Morgan fingerprint density at radius 2 is 2.00 bits per heavy atom. The maximum atomic E-state index is 13.4. The van der Waals surface area contributed by atoms with Crippen molar-refractivity contribution in [3.05, 3.63) is 53.3 Å². The van der Waals surface area contributed by atoms with E-state index in [1.807, 2.05) is 6.92 Å². The van der Waals surface area contributed by atoms with Crippen molar-refractivity contribution < 1.29 is 22.9 Å². The molecule has 2 N–H and O–H groups in total. The zero-order valence-corrected chi connectivity index (χ0v) is 17.8. The molecule has 2 heterocycles. The maximum absolute atomic E-state index is 13.4. The first-order valence-corrected chi connectivity index (χ1v) is 11.2. The van der Waals surface area contributed by atoms with E-state index in [4.69, 9.17) is 4.42 Å². The Labute approximate surface area is 176 Å². The highest BCUT2D eigenvalue weighted by molar-refractivity contribution is 7.85. The third-order valence-electron chi connectivity index (χ3n) is 5.62. The minimum atomic E-state index is -1.29. The zero-order valence-electron chi connectivity index (χ0n) is 16.9. The van der Waals surface area contributed by atoms with E-state index in [0.29, 0.717) is 52.1 Å². The molecule has 0 radical (unpaired) electrons. The second kappa shape index (κ2) is 7.85. The molecule has 1 aliphatic heterocycles. The smallest absolute Gasteiger partial charge is 0.255 e. The van der Waals surface area contributed by atoms with Gasteiger partial charge in [-0.15, -0.1) is 0 Å². The Morgan fingerprint density at radius 3 is 2.63 bits per heavy atom. The quantitative estimate of drug-likeness (QED) is 0.663. The van der Waals surface area contributed by atoms with Gasteiger partial charge in [0.05, 0.1) is 17.4 Å². The van der Waals surface area contributed by atoms with Crippen molar-refractivity contribution in [3.63, 3.8) is 0 Å². The van der Waals surface area contributed by atoms with E-state index in [1.165, 1.54) is 19.2 Å². The first kappa shape index (κ1) is 20.6. The number of hydrogen-bond donors (Lipinski definition) is 2. The van der Waals surface area contributed by atoms with E-state index in [0.717, 1.165) is 0 Å². The molecule has 3 unspecified atom stereocenters. The molecular weight excluding hydrogens is 407 g/mol. The molecule has 8 heteroatoms. The highest BCUT2D eigenvalue weighted by atomic mass is 32.2. The van der Waals surface area contributed by atoms with Gasteiger partial charge in [0.1, 0.15) is 28.1 Å². The van der Waals surface area contributed by atoms with Crippen LogP contribution in [0, 0.1) is 11.7 Å². The normalized spacial score (nSPS) is 20.0. The minimum Gasteiger partial charge on any atom is -0.455 e. The van der Waals surface area contributed by atoms with E-state index in [1.54, 1.807) is 34.8 Å². The molecule has 158 valence electrons. The number of carbonyl (C=O) groups excluding carboxylic acids is 1. The lowest BCUT2D eigenvalue weighted by molar-refractivity contribution is 0.0964. The lowest BCUT2D eigenvalue weighted by Gasteiger charge is -2.22. The number of hydrogen-bond acceptors (Lipinski definition) is 4. The lowest BCUT2D eigenvalue weighted by atomic mass is 9.93. The molecule has 0 aliphatic carbocycles. The molecule has 3 atom stereocenters. The number of amides is 1. The van der Waals surface area contributed by atoms with Crippen LogP contribution in [-0.2, 0) is 11.0 Å². The van der Waals surface area contributed by atoms with Crippen LogP contribution >= 0.6 is 0 Å². The Hall–Kier alpha value is -2.71. The predicted molar refractivity (Wildman–Crippen MR) is 115 cm³/mol. The molecule has 1 amide bonds. The molecule has 2 aromatic carbocycles. The topological polar surface area (TPSA) is 82.8 Å². The Bertz CT molecular complexity index is 1140. The number of aliphatic hydroxyl groups excluding tert-OH is 1. The van der Waals surface area contributed by atoms with Crippen molar-refractivity contribution in [1.82, 2.24) is 5.32 Å². The van der Waals surface area contributed by atoms with Crippen molar-refractivity contribution in [2.75, 3.05) is 24.2 Å². The fraction of sp³-hybridized carbons (Fsp3) is 0.318. The Morgan fingerprint density at radius 1 is 1.30 bits per heavy atom. The first-order valence-electron chi connectivity index (χ1n) is 9.69. The maximum Gasteiger partial charge on any atom is 0.255 e. The Balaban J connectivity index is 2.02.